The van der Waals surface area contributed by atoms with E-state index >= 15 is 0 Å². The minimum Gasteiger partial charge on any atom is -0.497 e. The fraction of sp³-hybridized carbons (Fsp3) is 0.0476. The molecule has 0 aliphatic heterocycles. The van der Waals surface area contributed by atoms with E-state index < -0.39 is 0 Å². The van der Waals surface area contributed by atoms with Gasteiger partial charge in [-0.25, -0.2) is 0 Å². The number of hydrogen-bond donors (Lipinski definition) is 1. The molecule has 0 bridgehead atoms. The van der Waals surface area contributed by atoms with Gasteiger partial charge < -0.3 is 10.5 Å². The van der Waals surface area contributed by atoms with Gasteiger partial charge in [0.25, 0.3) is 0 Å². The summed E-state index contributed by atoms with van der Waals surface area (Å²) in [5.74, 6) is 7.25. The van der Waals surface area contributed by atoms with Crippen molar-refractivity contribution in [3.63, 3.8) is 0 Å². The second-order valence-corrected chi connectivity index (χ2v) is 5.11. The normalized spacial score (nSPS) is 9.78. The van der Waals surface area contributed by atoms with E-state index in [1.54, 1.807) is 7.11 Å². The minimum absolute atomic E-state index is 0.718. The number of rotatable bonds is 2. The lowest BCUT2D eigenvalue weighted by Gasteiger charge is -2.09. The predicted molar refractivity (Wildman–Crippen MR) is 95.3 cm³/mol. The molecule has 0 heterocycles. The molecule has 0 saturated carbocycles. The van der Waals surface area contributed by atoms with Crippen LogP contribution in [0.25, 0.3) is 11.1 Å². The number of ether oxygens (including phenoxy) is 1. The third kappa shape index (κ3) is 3.36. The third-order valence-electron chi connectivity index (χ3n) is 3.59. The van der Waals surface area contributed by atoms with Gasteiger partial charge in [-0.05, 0) is 42.0 Å². The number of methoxy groups -OCH3 is 1. The monoisotopic (exact) mass is 299 g/mol. The highest BCUT2D eigenvalue weighted by Crippen LogP contribution is 2.30. The maximum Gasteiger partial charge on any atom is 0.118 e. The predicted octanol–water partition coefficient (Wildman–Crippen LogP) is 4.34. The topological polar surface area (TPSA) is 35.2 Å². The second-order valence-electron chi connectivity index (χ2n) is 5.11. The van der Waals surface area contributed by atoms with Gasteiger partial charge in [0.2, 0.25) is 0 Å². The highest BCUT2D eigenvalue weighted by atomic mass is 16.5. The van der Waals surface area contributed by atoms with Crippen LogP contribution in [0.2, 0.25) is 0 Å². The molecular formula is C21H17NO. The fourth-order valence-electron chi connectivity index (χ4n) is 2.42. The average Bonchev–Trinajstić information content (AvgIpc) is 2.61. The Morgan fingerprint density at radius 2 is 1.52 bits per heavy atom. The lowest BCUT2D eigenvalue weighted by molar-refractivity contribution is 0.415. The van der Waals surface area contributed by atoms with Crippen LogP contribution in [0.15, 0.2) is 72.8 Å². The van der Waals surface area contributed by atoms with Crippen molar-refractivity contribution in [1.29, 1.82) is 0 Å². The Balaban J connectivity index is 2.05. The van der Waals surface area contributed by atoms with Crippen molar-refractivity contribution in [3.05, 3.63) is 83.9 Å². The standard InChI is InChI=1S/C21H17NO/c1-23-19-14-12-18(13-15-19)21-17(8-5-9-20(21)22)11-10-16-6-3-2-4-7-16/h2-9,12-15H,22H2,1H3. The Morgan fingerprint density at radius 1 is 0.783 bits per heavy atom. The van der Waals surface area contributed by atoms with Gasteiger partial charge in [-0.2, -0.15) is 0 Å². The van der Waals surface area contributed by atoms with Crippen LogP contribution < -0.4 is 10.5 Å². The van der Waals surface area contributed by atoms with Crippen molar-refractivity contribution >= 4 is 5.69 Å². The molecule has 2 heteroatoms. The molecule has 0 aromatic heterocycles. The van der Waals surface area contributed by atoms with E-state index in [9.17, 15) is 0 Å². The highest BCUT2D eigenvalue weighted by molar-refractivity contribution is 5.82. The molecule has 3 aromatic rings. The molecule has 2 N–H and O–H groups in total. The van der Waals surface area contributed by atoms with Crippen LogP contribution >= 0.6 is 0 Å². The molecule has 0 atom stereocenters. The van der Waals surface area contributed by atoms with Gasteiger partial charge in [0, 0.05) is 22.4 Å². The van der Waals surface area contributed by atoms with Crippen molar-refractivity contribution in [3.8, 4) is 28.7 Å². The maximum absolute atomic E-state index is 6.19. The molecule has 0 unspecified atom stereocenters. The zero-order chi connectivity index (χ0) is 16.1. The van der Waals surface area contributed by atoms with Crippen molar-refractivity contribution in [2.75, 3.05) is 12.8 Å². The Morgan fingerprint density at radius 3 is 2.22 bits per heavy atom. The summed E-state index contributed by atoms with van der Waals surface area (Å²) in [6.07, 6.45) is 0. The van der Waals surface area contributed by atoms with Gasteiger partial charge in [-0.15, -0.1) is 0 Å². The van der Waals surface area contributed by atoms with E-state index in [0.717, 1.165) is 33.7 Å². The molecule has 0 aliphatic carbocycles. The summed E-state index contributed by atoms with van der Waals surface area (Å²) in [7, 11) is 1.66. The first kappa shape index (κ1) is 14.7. The van der Waals surface area contributed by atoms with Gasteiger partial charge in [-0.3, -0.25) is 0 Å². The molecule has 0 amide bonds. The first-order chi connectivity index (χ1) is 11.3. The minimum atomic E-state index is 0.718. The van der Waals surface area contributed by atoms with Crippen molar-refractivity contribution < 1.29 is 4.74 Å². The molecular weight excluding hydrogens is 282 g/mol. The number of nitrogen functional groups attached to an aromatic ring is 1. The summed E-state index contributed by atoms with van der Waals surface area (Å²) in [5, 5.41) is 0. The smallest absolute Gasteiger partial charge is 0.118 e. The largest absolute Gasteiger partial charge is 0.497 e. The molecule has 0 fully saturated rings. The summed E-state index contributed by atoms with van der Waals surface area (Å²) in [4.78, 5) is 0. The highest BCUT2D eigenvalue weighted by Gasteiger charge is 2.07. The molecule has 112 valence electrons. The Labute approximate surface area is 136 Å². The van der Waals surface area contributed by atoms with E-state index in [2.05, 4.69) is 11.8 Å². The molecule has 3 rings (SSSR count). The molecule has 3 aromatic carbocycles. The van der Waals surface area contributed by atoms with Crippen LogP contribution in [0.4, 0.5) is 5.69 Å². The van der Waals surface area contributed by atoms with E-state index in [0.29, 0.717) is 0 Å². The SMILES string of the molecule is COc1ccc(-c2c(N)cccc2C#Cc2ccccc2)cc1. The summed E-state index contributed by atoms with van der Waals surface area (Å²) in [6, 6.07) is 23.6. The van der Waals surface area contributed by atoms with Crippen molar-refractivity contribution in [1.82, 2.24) is 0 Å². The van der Waals surface area contributed by atoms with Gasteiger partial charge >= 0.3 is 0 Å². The molecule has 2 nitrogen and oxygen atoms in total. The van der Waals surface area contributed by atoms with Crippen LogP contribution in [0.1, 0.15) is 11.1 Å². The van der Waals surface area contributed by atoms with Crippen LogP contribution in [-0.2, 0) is 0 Å². The van der Waals surface area contributed by atoms with Crippen LogP contribution in [0.3, 0.4) is 0 Å². The quantitative estimate of drug-likeness (QED) is 0.564. The Hall–Kier alpha value is -3.18. The Bertz CT molecular complexity index is 856. The van der Waals surface area contributed by atoms with Crippen LogP contribution in [0.5, 0.6) is 5.75 Å². The summed E-state index contributed by atoms with van der Waals surface area (Å²) < 4.78 is 5.21. The van der Waals surface area contributed by atoms with Crippen molar-refractivity contribution in [2.45, 2.75) is 0 Å². The van der Waals surface area contributed by atoms with E-state index in [1.165, 1.54) is 0 Å². The lowest BCUT2D eigenvalue weighted by atomic mass is 9.97. The van der Waals surface area contributed by atoms with E-state index in [4.69, 9.17) is 10.5 Å². The van der Waals surface area contributed by atoms with Gasteiger partial charge in [0.15, 0.2) is 0 Å². The number of hydrogen-bond acceptors (Lipinski definition) is 2. The third-order valence-corrected chi connectivity index (χ3v) is 3.59. The number of benzene rings is 3. The van der Waals surface area contributed by atoms with Gasteiger partial charge in [0.1, 0.15) is 5.75 Å². The number of anilines is 1. The second kappa shape index (κ2) is 6.72. The molecule has 23 heavy (non-hydrogen) atoms. The molecule has 0 saturated heterocycles. The summed E-state index contributed by atoms with van der Waals surface area (Å²) in [6.45, 7) is 0. The fourth-order valence-corrected chi connectivity index (χ4v) is 2.42. The van der Waals surface area contributed by atoms with E-state index in [-0.39, 0.29) is 0 Å². The maximum atomic E-state index is 6.19. The van der Waals surface area contributed by atoms with Gasteiger partial charge in [-0.1, -0.05) is 48.2 Å². The van der Waals surface area contributed by atoms with Crippen LogP contribution in [0, 0.1) is 11.8 Å². The first-order valence-corrected chi connectivity index (χ1v) is 7.38. The van der Waals surface area contributed by atoms with Crippen molar-refractivity contribution in [2.24, 2.45) is 0 Å². The molecule has 0 aliphatic rings. The van der Waals surface area contributed by atoms with Gasteiger partial charge in [0.05, 0.1) is 7.11 Å². The first-order valence-electron chi connectivity index (χ1n) is 7.38. The molecule has 0 spiro atoms. The Kier molecular flexibility index (Phi) is 4.31. The lowest BCUT2D eigenvalue weighted by Crippen LogP contribution is -1.93. The van der Waals surface area contributed by atoms with Crippen LogP contribution in [-0.4, -0.2) is 7.11 Å². The summed E-state index contributed by atoms with van der Waals surface area (Å²) >= 11 is 0. The number of nitrogens with two attached hydrogens (primary N) is 1. The zero-order valence-electron chi connectivity index (χ0n) is 12.9. The molecule has 0 radical (unpaired) electrons. The summed E-state index contributed by atoms with van der Waals surface area (Å²) in [5.41, 5.74) is 10.8. The average molecular weight is 299 g/mol. The van der Waals surface area contributed by atoms with E-state index in [1.807, 2.05) is 72.8 Å². The zero-order valence-corrected chi connectivity index (χ0v) is 12.9.